The molecule has 0 fully saturated rings. The van der Waals surface area contributed by atoms with Crippen molar-refractivity contribution < 1.29 is 18.6 Å². The largest absolute Gasteiger partial charge is 0.454 e. The van der Waals surface area contributed by atoms with Crippen LogP contribution >= 0.6 is 0 Å². The van der Waals surface area contributed by atoms with Crippen LogP contribution in [0, 0.1) is 5.82 Å². The lowest BCUT2D eigenvalue weighted by Gasteiger charge is -2.22. The molecule has 2 aromatic rings. The second-order valence-corrected chi connectivity index (χ2v) is 6.30. The molecule has 0 amide bonds. The first-order chi connectivity index (χ1) is 13.1. The highest BCUT2D eigenvalue weighted by atomic mass is 19.1. The molecular weight excluding hydrogens is 349 g/mol. The van der Waals surface area contributed by atoms with Gasteiger partial charge in [-0.25, -0.2) is 4.39 Å². The van der Waals surface area contributed by atoms with Crippen LogP contribution in [0.4, 0.5) is 4.39 Å². The van der Waals surface area contributed by atoms with Crippen molar-refractivity contribution in [3.05, 3.63) is 58.9 Å². The van der Waals surface area contributed by atoms with Gasteiger partial charge in [0.05, 0.1) is 6.61 Å². The van der Waals surface area contributed by atoms with E-state index in [9.17, 15) is 4.39 Å². The molecule has 0 unspecified atom stereocenters. The van der Waals surface area contributed by atoms with E-state index in [1.807, 2.05) is 30.1 Å². The van der Waals surface area contributed by atoms with Crippen LogP contribution < -0.4 is 14.8 Å². The highest BCUT2D eigenvalue weighted by molar-refractivity contribution is 5.79. The zero-order valence-corrected chi connectivity index (χ0v) is 15.8. The molecule has 0 atom stereocenters. The van der Waals surface area contributed by atoms with E-state index in [0.29, 0.717) is 18.7 Å². The lowest BCUT2D eigenvalue weighted by Crippen LogP contribution is -2.38. The summed E-state index contributed by atoms with van der Waals surface area (Å²) in [6.45, 7) is 1.71. The van der Waals surface area contributed by atoms with Crippen molar-refractivity contribution in [3.63, 3.8) is 0 Å². The number of ether oxygens (including phenoxy) is 3. The van der Waals surface area contributed by atoms with Crippen LogP contribution in [0.15, 0.2) is 41.4 Å². The first-order valence-corrected chi connectivity index (χ1v) is 8.67. The average molecular weight is 373 g/mol. The van der Waals surface area contributed by atoms with Crippen LogP contribution in [-0.4, -0.2) is 38.9 Å². The van der Waals surface area contributed by atoms with E-state index in [-0.39, 0.29) is 19.2 Å². The maximum absolute atomic E-state index is 13.7. The summed E-state index contributed by atoms with van der Waals surface area (Å²) in [6, 6.07) is 10.9. The standard InChI is InChI=1S/C20H24FN3O3/c1-22-20(23-10-14-4-6-17(21)16(8-14)12-25-3)24(2)11-15-5-7-18-19(9-15)27-13-26-18/h4-9H,10-13H2,1-3H3,(H,22,23). The maximum atomic E-state index is 13.7. The number of nitrogens with zero attached hydrogens (tertiary/aromatic N) is 2. The summed E-state index contributed by atoms with van der Waals surface area (Å²) in [6.07, 6.45) is 0. The first-order valence-electron chi connectivity index (χ1n) is 8.67. The number of aliphatic imine (C=N–C) groups is 1. The van der Waals surface area contributed by atoms with E-state index in [4.69, 9.17) is 14.2 Å². The summed E-state index contributed by atoms with van der Waals surface area (Å²) >= 11 is 0. The molecule has 0 spiro atoms. The highest BCUT2D eigenvalue weighted by Crippen LogP contribution is 2.32. The van der Waals surface area contributed by atoms with Crippen molar-refractivity contribution in [2.24, 2.45) is 4.99 Å². The van der Waals surface area contributed by atoms with Crippen molar-refractivity contribution in [3.8, 4) is 11.5 Å². The number of guanidine groups is 1. The molecule has 0 aliphatic carbocycles. The van der Waals surface area contributed by atoms with Gasteiger partial charge in [0.1, 0.15) is 5.82 Å². The molecular formula is C20H24FN3O3. The van der Waals surface area contributed by atoms with Crippen LogP contribution in [0.25, 0.3) is 0 Å². The Balaban J connectivity index is 1.61. The highest BCUT2D eigenvalue weighted by Gasteiger charge is 2.15. The summed E-state index contributed by atoms with van der Waals surface area (Å²) in [5, 5.41) is 3.30. The monoisotopic (exact) mass is 373 g/mol. The number of rotatable bonds is 6. The normalized spacial score (nSPS) is 13.0. The molecule has 27 heavy (non-hydrogen) atoms. The van der Waals surface area contributed by atoms with Gasteiger partial charge in [0.15, 0.2) is 17.5 Å². The molecule has 3 rings (SSSR count). The Hall–Kier alpha value is -2.80. The minimum atomic E-state index is -0.259. The molecule has 2 aromatic carbocycles. The molecule has 7 heteroatoms. The van der Waals surface area contributed by atoms with E-state index in [1.165, 1.54) is 6.07 Å². The fourth-order valence-corrected chi connectivity index (χ4v) is 2.96. The maximum Gasteiger partial charge on any atom is 0.231 e. The molecule has 0 aromatic heterocycles. The third kappa shape index (κ3) is 4.68. The predicted molar refractivity (Wildman–Crippen MR) is 101 cm³/mol. The second-order valence-electron chi connectivity index (χ2n) is 6.30. The number of hydrogen-bond acceptors (Lipinski definition) is 4. The van der Waals surface area contributed by atoms with Crippen molar-refractivity contribution in [2.75, 3.05) is 28.0 Å². The molecule has 0 saturated heterocycles. The summed E-state index contributed by atoms with van der Waals surface area (Å²) in [7, 11) is 5.25. The van der Waals surface area contributed by atoms with Gasteiger partial charge in [-0.3, -0.25) is 4.99 Å². The van der Waals surface area contributed by atoms with Crippen molar-refractivity contribution in [1.29, 1.82) is 0 Å². The molecule has 0 bridgehead atoms. The van der Waals surface area contributed by atoms with Gasteiger partial charge in [-0.15, -0.1) is 0 Å². The number of nitrogens with one attached hydrogen (secondary N) is 1. The Morgan fingerprint density at radius 1 is 1.19 bits per heavy atom. The molecule has 144 valence electrons. The van der Waals surface area contributed by atoms with E-state index < -0.39 is 0 Å². The van der Waals surface area contributed by atoms with Crippen molar-refractivity contribution in [1.82, 2.24) is 10.2 Å². The van der Waals surface area contributed by atoms with E-state index in [0.717, 1.165) is 28.6 Å². The summed E-state index contributed by atoms with van der Waals surface area (Å²) in [5.74, 6) is 2.02. The molecule has 0 saturated carbocycles. The number of methoxy groups -OCH3 is 1. The summed E-state index contributed by atoms with van der Waals surface area (Å²) < 4.78 is 29.5. The number of halogens is 1. The molecule has 1 N–H and O–H groups in total. The van der Waals surface area contributed by atoms with Gasteiger partial charge >= 0.3 is 0 Å². The van der Waals surface area contributed by atoms with E-state index >= 15 is 0 Å². The number of benzene rings is 2. The van der Waals surface area contributed by atoms with Gasteiger partial charge in [-0.05, 0) is 35.4 Å². The Kier molecular flexibility index (Phi) is 6.13. The van der Waals surface area contributed by atoms with Crippen LogP contribution in [-0.2, 0) is 24.4 Å². The second kappa shape index (κ2) is 8.73. The van der Waals surface area contributed by atoms with Crippen LogP contribution in [0.2, 0.25) is 0 Å². The molecule has 1 aliphatic rings. The lowest BCUT2D eigenvalue weighted by atomic mass is 10.1. The van der Waals surface area contributed by atoms with Crippen LogP contribution in [0.5, 0.6) is 11.5 Å². The van der Waals surface area contributed by atoms with Gasteiger partial charge in [0, 0.05) is 39.9 Å². The van der Waals surface area contributed by atoms with Gasteiger partial charge in [-0.2, -0.15) is 0 Å². The fourth-order valence-electron chi connectivity index (χ4n) is 2.96. The number of fused-ring (bicyclic) bond motifs is 1. The Bertz CT molecular complexity index is 826. The Labute approximate surface area is 158 Å². The summed E-state index contributed by atoms with van der Waals surface area (Å²) in [4.78, 5) is 6.34. The minimum absolute atomic E-state index is 0.248. The van der Waals surface area contributed by atoms with Crippen molar-refractivity contribution in [2.45, 2.75) is 19.7 Å². The topological polar surface area (TPSA) is 55.3 Å². The van der Waals surface area contributed by atoms with Gasteiger partial charge in [0.2, 0.25) is 6.79 Å². The first kappa shape index (κ1) is 19.0. The SMILES string of the molecule is CN=C(NCc1ccc(F)c(COC)c1)N(C)Cc1ccc2c(c1)OCO2. The van der Waals surface area contributed by atoms with Gasteiger partial charge < -0.3 is 24.4 Å². The third-order valence-corrected chi connectivity index (χ3v) is 4.29. The zero-order valence-electron chi connectivity index (χ0n) is 15.8. The predicted octanol–water partition coefficient (Wildman–Crippen LogP) is 2.91. The van der Waals surface area contributed by atoms with Gasteiger partial charge in [0.25, 0.3) is 0 Å². The lowest BCUT2D eigenvalue weighted by molar-refractivity contribution is 0.174. The van der Waals surface area contributed by atoms with Crippen LogP contribution in [0.3, 0.4) is 0 Å². The van der Waals surface area contributed by atoms with Gasteiger partial charge in [-0.1, -0.05) is 12.1 Å². The molecule has 1 aliphatic heterocycles. The Morgan fingerprint density at radius 3 is 2.74 bits per heavy atom. The molecule has 0 radical (unpaired) electrons. The molecule has 6 nitrogen and oxygen atoms in total. The fraction of sp³-hybridized carbons (Fsp3) is 0.350. The number of hydrogen-bond donors (Lipinski definition) is 1. The van der Waals surface area contributed by atoms with Crippen LogP contribution in [0.1, 0.15) is 16.7 Å². The third-order valence-electron chi connectivity index (χ3n) is 4.29. The quantitative estimate of drug-likeness (QED) is 0.623. The minimum Gasteiger partial charge on any atom is -0.454 e. The average Bonchev–Trinajstić information content (AvgIpc) is 3.12. The van der Waals surface area contributed by atoms with Crippen molar-refractivity contribution >= 4 is 5.96 Å². The zero-order chi connectivity index (χ0) is 19.2. The van der Waals surface area contributed by atoms with E-state index in [1.54, 1.807) is 26.3 Å². The Morgan fingerprint density at radius 2 is 1.96 bits per heavy atom. The molecule has 1 heterocycles. The summed E-state index contributed by atoms with van der Waals surface area (Å²) in [5.41, 5.74) is 2.59. The smallest absolute Gasteiger partial charge is 0.231 e. The van der Waals surface area contributed by atoms with E-state index in [2.05, 4.69) is 10.3 Å².